The molecule has 0 radical (unpaired) electrons. The van der Waals surface area contributed by atoms with Crippen molar-refractivity contribution in [1.82, 2.24) is 10.3 Å². The van der Waals surface area contributed by atoms with Crippen molar-refractivity contribution in [2.24, 2.45) is 0 Å². The molecule has 0 bridgehead atoms. The summed E-state index contributed by atoms with van der Waals surface area (Å²) in [6.07, 6.45) is 0. The lowest BCUT2D eigenvalue weighted by atomic mass is 10.1. The Labute approximate surface area is 118 Å². The maximum absolute atomic E-state index is 5.67. The minimum Gasteiger partial charge on any atom is -0.494 e. The number of thiazole rings is 1. The van der Waals surface area contributed by atoms with E-state index in [1.165, 1.54) is 10.4 Å². The lowest BCUT2D eigenvalue weighted by molar-refractivity contribution is 0.332. The summed E-state index contributed by atoms with van der Waals surface area (Å²) in [5, 5.41) is 3.53. The Balaban J connectivity index is 2.03. The SMILES string of the molecule is CCOc1ccccc1C(C)NCc1scnc1C. The van der Waals surface area contributed by atoms with Gasteiger partial charge < -0.3 is 10.1 Å². The molecule has 102 valence electrons. The molecule has 1 N–H and O–H groups in total. The first-order chi connectivity index (χ1) is 9.22. The van der Waals surface area contributed by atoms with E-state index in [9.17, 15) is 0 Å². The number of aryl methyl sites for hydroxylation is 1. The summed E-state index contributed by atoms with van der Waals surface area (Å²) in [6.45, 7) is 7.76. The van der Waals surface area contributed by atoms with Crippen LogP contribution in [0.1, 0.15) is 36.0 Å². The fourth-order valence-corrected chi connectivity index (χ4v) is 2.70. The Hall–Kier alpha value is -1.39. The summed E-state index contributed by atoms with van der Waals surface area (Å²) < 4.78 is 5.67. The second-order valence-electron chi connectivity index (χ2n) is 4.43. The minimum atomic E-state index is 0.254. The van der Waals surface area contributed by atoms with E-state index >= 15 is 0 Å². The number of hydrogen-bond acceptors (Lipinski definition) is 4. The number of ether oxygens (including phenoxy) is 1. The monoisotopic (exact) mass is 276 g/mol. The number of nitrogens with zero attached hydrogens (tertiary/aromatic N) is 1. The van der Waals surface area contributed by atoms with Crippen LogP contribution in [0.5, 0.6) is 5.75 Å². The van der Waals surface area contributed by atoms with Gasteiger partial charge in [0, 0.05) is 23.0 Å². The van der Waals surface area contributed by atoms with Crippen molar-refractivity contribution in [3.63, 3.8) is 0 Å². The molecule has 0 aliphatic carbocycles. The van der Waals surface area contributed by atoms with Gasteiger partial charge in [0.1, 0.15) is 5.75 Å². The van der Waals surface area contributed by atoms with Gasteiger partial charge in [0.25, 0.3) is 0 Å². The van der Waals surface area contributed by atoms with Crippen LogP contribution in [0.4, 0.5) is 0 Å². The Kier molecular flexibility index (Phi) is 4.93. The van der Waals surface area contributed by atoms with Crippen LogP contribution in [0.2, 0.25) is 0 Å². The Morgan fingerprint density at radius 1 is 1.37 bits per heavy atom. The van der Waals surface area contributed by atoms with Crippen molar-refractivity contribution in [2.75, 3.05) is 6.61 Å². The zero-order valence-corrected chi connectivity index (χ0v) is 12.5. The molecule has 2 aromatic rings. The molecule has 0 aliphatic rings. The summed E-state index contributed by atoms with van der Waals surface area (Å²) in [5.74, 6) is 0.964. The molecule has 0 saturated heterocycles. The van der Waals surface area contributed by atoms with Gasteiger partial charge in [-0.25, -0.2) is 4.98 Å². The van der Waals surface area contributed by atoms with Crippen molar-refractivity contribution < 1.29 is 4.74 Å². The molecule has 0 saturated carbocycles. The van der Waals surface area contributed by atoms with Gasteiger partial charge in [-0.2, -0.15) is 0 Å². The van der Waals surface area contributed by atoms with E-state index in [0.717, 1.165) is 18.0 Å². The smallest absolute Gasteiger partial charge is 0.124 e. The minimum absolute atomic E-state index is 0.254. The zero-order valence-electron chi connectivity index (χ0n) is 11.6. The molecule has 1 aromatic heterocycles. The molecule has 3 nitrogen and oxygen atoms in total. The number of para-hydroxylation sites is 1. The third-order valence-corrected chi connectivity index (χ3v) is 4.03. The van der Waals surface area contributed by atoms with E-state index in [0.29, 0.717) is 6.61 Å². The van der Waals surface area contributed by atoms with Crippen molar-refractivity contribution in [1.29, 1.82) is 0 Å². The third kappa shape index (κ3) is 3.55. The molecule has 0 amide bonds. The van der Waals surface area contributed by atoms with Gasteiger partial charge in [-0.3, -0.25) is 0 Å². The van der Waals surface area contributed by atoms with Crippen LogP contribution in [0.25, 0.3) is 0 Å². The van der Waals surface area contributed by atoms with E-state index in [4.69, 9.17) is 4.74 Å². The van der Waals surface area contributed by atoms with Gasteiger partial charge in [-0.15, -0.1) is 11.3 Å². The summed E-state index contributed by atoms with van der Waals surface area (Å²) in [6, 6.07) is 8.45. The molecule has 1 unspecified atom stereocenters. The number of hydrogen-bond donors (Lipinski definition) is 1. The topological polar surface area (TPSA) is 34.1 Å². The van der Waals surface area contributed by atoms with E-state index in [-0.39, 0.29) is 6.04 Å². The molecule has 0 fully saturated rings. The van der Waals surface area contributed by atoms with Crippen molar-refractivity contribution in [3.8, 4) is 5.75 Å². The summed E-state index contributed by atoms with van der Waals surface area (Å²) in [7, 11) is 0. The van der Waals surface area contributed by atoms with Crippen LogP contribution >= 0.6 is 11.3 Å². The fraction of sp³-hybridized carbons (Fsp3) is 0.400. The molecular weight excluding hydrogens is 256 g/mol. The molecule has 0 aliphatic heterocycles. The van der Waals surface area contributed by atoms with Crippen LogP contribution in [0.15, 0.2) is 29.8 Å². The third-order valence-electron chi connectivity index (χ3n) is 3.10. The quantitative estimate of drug-likeness (QED) is 0.873. The zero-order chi connectivity index (χ0) is 13.7. The maximum Gasteiger partial charge on any atom is 0.124 e. The first-order valence-electron chi connectivity index (χ1n) is 6.56. The molecule has 2 rings (SSSR count). The average molecular weight is 276 g/mol. The van der Waals surface area contributed by atoms with Crippen LogP contribution in [-0.2, 0) is 6.54 Å². The summed E-state index contributed by atoms with van der Waals surface area (Å²) in [5.41, 5.74) is 4.21. The molecule has 1 aromatic carbocycles. The van der Waals surface area contributed by atoms with Crippen LogP contribution in [0, 0.1) is 6.92 Å². The van der Waals surface area contributed by atoms with Crippen molar-refractivity contribution in [2.45, 2.75) is 33.4 Å². The number of nitrogens with one attached hydrogen (secondary N) is 1. The van der Waals surface area contributed by atoms with Gasteiger partial charge in [0.15, 0.2) is 0 Å². The van der Waals surface area contributed by atoms with E-state index in [1.807, 2.05) is 37.6 Å². The largest absolute Gasteiger partial charge is 0.494 e. The normalized spacial score (nSPS) is 12.4. The first-order valence-corrected chi connectivity index (χ1v) is 7.44. The van der Waals surface area contributed by atoms with Crippen LogP contribution in [0.3, 0.4) is 0 Å². The van der Waals surface area contributed by atoms with Gasteiger partial charge in [0.2, 0.25) is 0 Å². The lowest BCUT2D eigenvalue weighted by Crippen LogP contribution is -2.18. The number of rotatable bonds is 6. The standard InChI is InChI=1S/C15H20N2OS/c1-4-18-14-8-6-5-7-13(14)11(2)16-9-15-12(3)17-10-19-15/h5-8,10-11,16H,4,9H2,1-3H3. The Bertz CT molecular complexity index is 524. The second-order valence-corrected chi connectivity index (χ2v) is 5.37. The van der Waals surface area contributed by atoms with Crippen LogP contribution < -0.4 is 10.1 Å². The fourth-order valence-electron chi connectivity index (χ4n) is 1.98. The molecule has 1 atom stereocenters. The predicted octanol–water partition coefficient (Wildman–Crippen LogP) is 3.70. The molecular formula is C15H20N2OS. The predicted molar refractivity (Wildman–Crippen MR) is 79.7 cm³/mol. The molecule has 1 heterocycles. The Morgan fingerprint density at radius 3 is 2.84 bits per heavy atom. The van der Waals surface area contributed by atoms with Crippen molar-refractivity contribution >= 4 is 11.3 Å². The number of aromatic nitrogens is 1. The van der Waals surface area contributed by atoms with Gasteiger partial charge >= 0.3 is 0 Å². The van der Waals surface area contributed by atoms with E-state index in [1.54, 1.807) is 11.3 Å². The molecule has 4 heteroatoms. The summed E-state index contributed by atoms with van der Waals surface area (Å²) >= 11 is 1.70. The van der Waals surface area contributed by atoms with Crippen molar-refractivity contribution in [3.05, 3.63) is 45.9 Å². The first kappa shape index (κ1) is 14.0. The van der Waals surface area contributed by atoms with Gasteiger partial charge in [-0.05, 0) is 26.8 Å². The van der Waals surface area contributed by atoms with E-state index in [2.05, 4.69) is 23.3 Å². The maximum atomic E-state index is 5.67. The highest BCUT2D eigenvalue weighted by atomic mass is 32.1. The highest BCUT2D eigenvalue weighted by Crippen LogP contribution is 2.25. The second kappa shape index (κ2) is 6.68. The van der Waals surface area contributed by atoms with Crippen LogP contribution in [-0.4, -0.2) is 11.6 Å². The average Bonchev–Trinajstić information content (AvgIpc) is 2.82. The molecule has 19 heavy (non-hydrogen) atoms. The molecule has 0 spiro atoms. The van der Waals surface area contributed by atoms with Gasteiger partial charge in [0.05, 0.1) is 17.8 Å². The highest BCUT2D eigenvalue weighted by molar-refractivity contribution is 7.09. The lowest BCUT2D eigenvalue weighted by Gasteiger charge is -2.17. The van der Waals surface area contributed by atoms with Gasteiger partial charge in [-0.1, -0.05) is 18.2 Å². The number of benzene rings is 1. The van der Waals surface area contributed by atoms with E-state index < -0.39 is 0 Å². The Morgan fingerprint density at radius 2 is 2.16 bits per heavy atom. The highest BCUT2D eigenvalue weighted by Gasteiger charge is 2.11. The summed E-state index contributed by atoms with van der Waals surface area (Å²) in [4.78, 5) is 5.56.